The molecule has 4 nitrogen and oxygen atoms in total. The van der Waals surface area contributed by atoms with E-state index in [4.69, 9.17) is 5.73 Å². The summed E-state index contributed by atoms with van der Waals surface area (Å²) in [5, 5.41) is 9.74. The van der Waals surface area contributed by atoms with E-state index >= 15 is 0 Å². The van der Waals surface area contributed by atoms with Gasteiger partial charge in [-0.05, 0) is 24.8 Å². The Labute approximate surface area is 114 Å². The van der Waals surface area contributed by atoms with E-state index in [9.17, 15) is 9.90 Å². The number of rotatable bonds is 3. The Morgan fingerprint density at radius 2 is 2.21 bits per heavy atom. The summed E-state index contributed by atoms with van der Waals surface area (Å²) in [7, 11) is 0. The van der Waals surface area contributed by atoms with Crippen LogP contribution in [0.5, 0.6) is 5.75 Å². The number of nitrogens with two attached hydrogens (primary N) is 1. The molecule has 0 aliphatic carbocycles. The zero-order valence-corrected chi connectivity index (χ0v) is 11.4. The summed E-state index contributed by atoms with van der Waals surface area (Å²) < 4.78 is 0. The van der Waals surface area contributed by atoms with Crippen molar-refractivity contribution in [2.45, 2.75) is 32.2 Å². The summed E-state index contributed by atoms with van der Waals surface area (Å²) in [5.41, 5.74) is 6.48. The topological polar surface area (TPSA) is 66.6 Å². The number of amides is 1. The summed E-state index contributed by atoms with van der Waals surface area (Å²) in [5.74, 6) is 0.695. The Hall–Kier alpha value is -1.55. The zero-order valence-electron chi connectivity index (χ0n) is 11.4. The molecule has 1 amide bonds. The van der Waals surface area contributed by atoms with E-state index in [1.807, 2.05) is 11.0 Å². The molecular weight excluding hydrogens is 240 g/mol. The van der Waals surface area contributed by atoms with E-state index in [1.54, 1.807) is 18.2 Å². The van der Waals surface area contributed by atoms with Gasteiger partial charge in [-0.3, -0.25) is 4.79 Å². The first-order valence-electron chi connectivity index (χ1n) is 6.90. The minimum absolute atomic E-state index is 0.0588. The van der Waals surface area contributed by atoms with Gasteiger partial charge < -0.3 is 15.7 Å². The first kappa shape index (κ1) is 13.9. The Bertz CT molecular complexity index is 448. The number of likely N-dealkylation sites (tertiary alicyclic amines) is 1. The van der Waals surface area contributed by atoms with Crippen molar-refractivity contribution in [1.82, 2.24) is 4.90 Å². The molecule has 2 rings (SSSR count). The number of phenols is 1. The van der Waals surface area contributed by atoms with E-state index in [2.05, 4.69) is 6.92 Å². The van der Waals surface area contributed by atoms with Gasteiger partial charge in [0.1, 0.15) is 5.75 Å². The molecule has 1 aromatic rings. The van der Waals surface area contributed by atoms with Crippen LogP contribution in [0, 0.1) is 5.92 Å². The van der Waals surface area contributed by atoms with Gasteiger partial charge in [-0.2, -0.15) is 0 Å². The quantitative estimate of drug-likeness (QED) is 0.868. The molecule has 3 N–H and O–H groups in total. The van der Waals surface area contributed by atoms with Crippen molar-refractivity contribution in [1.29, 1.82) is 0 Å². The lowest BCUT2D eigenvalue weighted by atomic mass is 9.90. The summed E-state index contributed by atoms with van der Waals surface area (Å²) in [4.78, 5) is 14.3. The molecule has 104 valence electrons. The van der Waals surface area contributed by atoms with Gasteiger partial charge in [0.2, 0.25) is 5.91 Å². The monoisotopic (exact) mass is 262 g/mol. The molecule has 0 radical (unpaired) electrons. The fourth-order valence-corrected chi connectivity index (χ4v) is 2.84. The minimum atomic E-state index is 0.0588. The smallest absolute Gasteiger partial charge is 0.227 e. The third kappa shape index (κ3) is 3.07. The number of hydrogen-bond donors (Lipinski definition) is 2. The van der Waals surface area contributed by atoms with Crippen molar-refractivity contribution in [3.63, 3.8) is 0 Å². The molecule has 1 fully saturated rings. The van der Waals surface area contributed by atoms with Crippen LogP contribution in [0.3, 0.4) is 0 Å². The minimum Gasteiger partial charge on any atom is -0.508 e. The highest BCUT2D eigenvalue weighted by Gasteiger charge is 2.30. The highest BCUT2D eigenvalue weighted by molar-refractivity contribution is 5.80. The second kappa shape index (κ2) is 6.06. The first-order chi connectivity index (χ1) is 9.13. The van der Waals surface area contributed by atoms with Gasteiger partial charge in [0, 0.05) is 24.7 Å². The van der Waals surface area contributed by atoms with Crippen molar-refractivity contribution >= 4 is 5.91 Å². The van der Waals surface area contributed by atoms with E-state index in [-0.39, 0.29) is 24.1 Å². The van der Waals surface area contributed by atoms with E-state index in [0.29, 0.717) is 18.0 Å². The van der Waals surface area contributed by atoms with Gasteiger partial charge in [0.15, 0.2) is 0 Å². The molecule has 0 spiro atoms. The first-order valence-corrected chi connectivity index (χ1v) is 6.90. The van der Waals surface area contributed by atoms with Crippen LogP contribution in [-0.4, -0.2) is 35.0 Å². The van der Waals surface area contributed by atoms with E-state index < -0.39 is 0 Å². The second-order valence-corrected chi connectivity index (χ2v) is 5.32. The second-order valence-electron chi connectivity index (χ2n) is 5.32. The fourth-order valence-electron chi connectivity index (χ4n) is 2.84. The van der Waals surface area contributed by atoms with Crippen LogP contribution in [0.15, 0.2) is 24.3 Å². The maximum Gasteiger partial charge on any atom is 0.227 e. The number of aromatic hydroxyl groups is 1. The normalized spacial score (nSPS) is 23.4. The van der Waals surface area contributed by atoms with Gasteiger partial charge in [0.05, 0.1) is 6.42 Å². The molecule has 19 heavy (non-hydrogen) atoms. The summed E-state index contributed by atoms with van der Waals surface area (Å²) in [6, 6.07) is 7.13. The molecule has 1 aliphatic rings. The molecule has 2 unspecified atom stereocenters. The van der Waals surface area contributed by atoms with Gasteiger partial charge >= 0.3 is 0 Å². The summed E-state index contributed by atoms with van der Waals surface area (Å²) >= 11 is 0. The van der Waals surface area contributed by atoms with Gasteiger partial charge in [-0.15, -0.1) is 0 Å². The standard InChI is InChI=1S/C15H22N2O2/c1-11-5-4-8-17(13(11)10-16)15(19)9-12-6-2-3-7-14(12)18/h2-3,6-7,11,13,18H,4-5,8-10,16H2,1H3. The SMILES string of the molecule is CC1CCCN(C(=O)Cc2ccccc2O)C1CN. The maximum atomic E-state index is 12.4. The lowest BCUT2D eigenvalue weighted by Gasteiger charge is -2.39. The van der Waals surface area contributed by atoms with Crippen LogP contribution in [0.25, 0.3) is 0 Å². The van der Waals surface area contributed by atoms with Crippen LogP contribution in [-0.2, 0) is 11.2 Å². The van der Waals surface area contributed by atoms with Crippen molar-refractivity contribution in [2.75, 3.05) is 13.1 Å². The number of carbonyl (C=O) groups is 1. The highest BCUT2D eigenvalue weighted by atomic mass is 16.3. The summed E-state index contributed by atoms with van der Waals surface area (Å²) in [6.45, 7) is 3.43. The fraction of sp³-hybridized carbons (Fsp3) is 0.533. The summed E-state index contributed by atoms with van der Waals surface area (Å²) in [6.07, 6.45) is 2.41. The average molecular weight is 262 g/mol. The van der Waals surface area contributed by atoms with Crippen LogP contribution in [0.4, 0.5) is 0 Å². The molecular formula is C15H22N2O2. The van der Waals surface area contributed by atoms with Crippen LogP contribution >= 0.6 is 0 Å². The maximum absolute atomic E-state index is 12.4. The number of hydrogen-bond acceptors (Lipinski definition) is 3. The Balaban J connectivity index is 2.08. The molecule has 2 atom stereocenters. The van der Waals surface area contributed by atoms with Crippen LogP contribution in [0.2, 0.25) is 0 Å². The van der Waals surface area contributed by atoms with Gasteiger partial charge in [-0.25, -0.2) is 0 Å². The van der Waals surface area contributed by atoms with Gasteiger partial charge in [0.25, 0.3) is 0 Å². The molecule has 1 aliphatic heterocycles. The number of carbonyl (C=O) groups excluding carboxylic acids is 1. The largest absolute Gasteiger partial charge is 0.508 e. The third-order valence-electron chi connectivity index (χ3n) is 4.01. The molecule has 1 saturated heterocycles. The molecule has 0 saturated carbocycles. The lowest BCUT2D eigenvalue weighted by Crippen LogP contribution is -2.51. The van der Waals surface area contributed by atoms with Crippen molar-refractivity contribution in [2.24, 2.45) is 11.7 Å². The predicted octanol–water partition coefficient (Wildman–Crippen LogP) is 1.52. The van der Waals surface area contributed by atoms with E-state index in [1.165, 1.54) is 0 Å². The molecule has 1 aromatic carbocycles. The third-order valence-corrected chi connectivity index (χ3v) is 4.01. The zero-order chi connectivity index (χ0) is 13.8. The number of benzene rings is 1. The Morgan fingerprint density at radius 1 is 1.47 bits per heavy atom. The van der Waals surface area contributed by atoms with Crippen LogP contribution in [0.1, 0.15) is 25.3 Å². The lowest BCUT2D eigenvalue weighted by molar-refractivity contribution is -0.135. The Kier molecular flexibility index (Phi) is 4.43. The van der Waals surface area contributed by atoms with Crippen molar-refractivity contribution < 1.29 is 9.90 Å². The molecule has 4 heteroatoms. The number of nitrogens with zero attached hydrogens (tertiary/aromatic N) is 1. The highest BCUT2D eigenvalue weighted by Crippen LogP contribution is 2.24. The number of piperidine rings is 1. The molecule has 0 bridgehead atoms. The van der Waals surface area contributed by atoms with Gasteiger partial charge in [-0.1, -0.05) is 25.1 Å². The Morgan fingerprint density at radius 3 is 2.89 bits per heavy atom. The van der Waals surface area contributed by atoms with E-state index in [0.717, 1.165) is 19.4 Å². The van der Waals surface area contributed by atoms with Crippen LogP contribution < -0.4 is 5.73 Å². The van der Waals surface area contributed by atoms with Crippen molar-refractivity contribution in [3.8, 4) is 5.75 Å². The average Bonchev–Trinajstić information content (AvgIpc) is 2.41. The van der Waals surface area contributed by atoms with Crippen molar-refractivity contribution in [3.05, 3.63) is 29.8 Å². The molecule has 0 aromatic heterocycles. The number of para-hydroxylation sites is 1. The predicted molar refractivity (Wildman–Crippen MR) is 74.8 cm³/mol. The number of phenolic OH excluding ortho intramolecular Hbond substituents is 1. The molecule has 1 heterocycles.